The maximum atomic E-state index is 12.6. The van der Waals surface area contributed by atoms with E-state index in [1.54, 1.807) is 12.2 Å². The predicted octanol–water partition coefficient (Wildman–Crippen LogP) is 5.84. The molecule has 0 spiro atoms. The quantitative estimate of drug-likeness (QED) is 0.345. The summed E-state index contributed by atoms with van der Waals surface area (Å²) in [5.41, 5.74) is 2.76. The third-order valence-electron chi connectivity index (χ3n) is 4.66. The highest BCUT2D eigenvalue weighted by atomic mass is 32.2. The van der Waals surface area contributed by atoms with Crippen LogP contribution in [0.15, 0.2) is 60.0 Å². The van der Waals surface area contributed by atoms with Gasteiger partial charge in [-0.3, -0.25) is 14.5 Å². The van der Waals surface area contributed by atoms with E-state index in [4.69, 9.17) is 9.47 Å². The van der Waals surface area contributed by atoms with Crippen molar-refractivity contribution in [3.8, 4) is 11.5 Å². The second kappa shape index (κ2) is 10.9. The summed E-state index contributed by atoms with van der Waals surface area (Å²) >= 11 is 0.973. The standard InChI is InChI=1S/C25H27NO4S/c1-4-10-20-14-19(16-22-24(27)26(13-5-2)25(28)31-22)15-21(29-6-3)23(20)30-17-18-11-8-7-9-12-18/h4,7-9,11-12,14-16H,1,5-6,10,13,17H2,2-3H3/b22-16+. The molecule has 2 aromatic rings. The van der Waals surface area contributed by atoms with Crippen LogP contribution in [-0.2, 0) is 17.8 Å². The van der Waals surface area contributed by atoms with E-state index in [0.29, 0.717) is 42.6 Å². The Hall–Kier alpha value is -2.99. The molecule has 0 aromatic heterocycles. The number of thioether (sulfide) groups is 1. The van der Waals surface area contributed by atoms with E-state index >= 15 is 0 Å². The number of allylic oxidation sites excluding steroid dienone is 1. The smallest absolute Gasteiger partial charge is 0.293 e. The SMILES string of the molecule is C=CCc1cc(/C=C2/SC(=O)N(CCC)C2=O)cc(OCC)c1OCc1ccccc1. The highest BCUT2D eigenvalue weighted by Gasteiger charge is 2.34. The van der Waals surface area contributed by atoms with Gasteiger partial charge in [0.25, 0.3) is 11.1 Å². The van der Waals surface area contributed by atoms with E-state index in [9.17, 15) is 9.59 Å². The average molecular weight is 438 g/mol. The molecule has 0 atom stereocenters. The molecule has 162 valence electrons. The van der Waals surface area contributed by atoms with E-state index in [1.807, 2.05) is 56.3 Å². The largest absolute Gasteiger partial charge is 0.490 e. The number of carbonyl (C=O) groups excluding carboxylic acids is 2. The Bertz CT molecular complexity index is 985. The Morgan fingerprint density at radius 3 is 2.55 bits per heavy atom. The molecule has 0 aliphatic carbocycles. The van der Waals surface area contributed by atoms with Gasteiger partial charge in [0.2, 0.25) is 0 Å². The van der Waals surface area contributed by atoms with Gasteiger partial charge < -0.3 is 9.47 Å². The van der Waals surface area contributed by atoms with Crippen LogP contribution in [-0.4, -0.2) is 29.2 Å². The minimum atomic E-state index is -0.246. The molecule has 0 N–H and O–H groups in total. The molecule has 2 amide bonds. The number of hydrogen-bond acceptors (Lipinski definition) is 5. The van der Waals surface area contributed by atoms with Crippen LogP contribution >= 0.6 is 11.8 Å². The molecule has 0 bridgehead atoms. The summed E-state index contributed by atoms with van der Waals surface area (Å²) in [6.07, 6.45) is 4.87. The zero-order valence-corrected chi connectivity index (χ0v) is 18.7. The molecule has 1 saturated heterocycles. The Balaban J connectivity index is 1.94. The van der Waals surface area contributed by atoms with Gasteiger partial charge in [0.05, 0.1) is 11.5 Å². The van der Waals surface area contributed by atoms with Crippen LogP contribution in [0, 0.1) is 0 Å². The van der Waals surface area contributed by atoms with E-state index in [0.717, 1.165) is 34.9 Å². The van der Waals surface area contributed by atoms with E-state index in [-0.39, 0.29) is 11.1 Å². The van der Waals surface area contributed by atoms with Gasteiger partial charge in [-0.2, -0.15) is 0 Å². The molecule has 0 unspecified atom stereocenters. The van der Waals surface area contributed by atoms with Crippen molar-refractivity contribution in [3.63, 3.8) is 0 Å². The monoisotopic (exact) mass is 437 g/mol. The first-order valence-electron chi connectivity index (χ1n) is 10.4. The van der Waals surface area contributed by atoms with Crippen molar-refractivity contribution in [2.24, 2.45) is 0 Å². The van der Waals surface area contributed by atoms with Gasteiger partial charge >= 0.3 is 0 Å². The molecule has 1 heterocycles. The molecular formula is C25H27NO4S. The molecular weight excluding hydrogens is 410 g/mol. The van der Waals surface area contributed by atoms with Gasteiger partial charge in [0, 0.05) is 12.1 Å². The van der Waals surface area contributed by atoms with E-state index in [1.165, 1.54) is 4.90 Å². The number of benzene rings is 2. The number of ether oxygens (including phenoxy) is 2. The van der Waals surface area contributed by atoms with Crippen LogP contribution in [0.1, 0.15) is 37.0 Å². The fraction of sp³-hybridized carbons (Fsp3) is 0.280. The lowest BCUT2D eigenvalue weighted by atomic mass is 10.0. The molecule has 3 rings (SSSR count). The lowest BCUT2D eigenvalue weighted by Crippen LogP contribution is -2.28. The van der Waals surface area contributed by atoms with Crippen LogP contribution in [0.25, 0.3) is 6.08 Å². The van der Waals surface area contributed by atoms with Crippen molar-refractivity contribution in [2.75, 3.05) is 13.2 Å². The van der Waals surface area contributed by atoms with Crippen molar-refractivity contribution in [3.05, 3.63) is 76.7 Å². The lowest BCUT2D eigenvalue weighted by Gasteiger charge is -2.17. The van der Waals surface area contributed by atoms with Crippen LogP contribution in [0.5, 0.6) is 11.5 Å². The summed E-state index contributed by atoms with van der Waals surface area (Å²) in [4.78, 5) is 26.5. The zero-order valence-electron chi connectivity index (χ0n) is 17.9. The highest BCUT2D eigenvalue weighted by Crippen LogP contribution is 2.37. The minimum Gasteiger partial charge on any atom is -0.490 e. The number of rotatable bonds is 10. The minimum absolute atomic E-state index is 0.225. The summed E-state index contributed by atoms with van der Waals surface area (Å²) in [7, 11) is 0. The maximum absolute atomic E-state index is 12.6. The molecule has 2 aromatic carbocycles. The topological polar surface area (TPSA) is 55.8 Å². The van der Waals surface area contributed by atoms with Crippen LogP contribution in [0.2, 0.25) is 0 Å². The van der Waals surface area contributed by atoms with Gasteiger partial charge in [-0.1, -0.05) is 43.3 Å². The zero-order chi connectivity index (χ0) is 22.2. The fourth-order valence-electron chi connectivity index (χ4n) is 3.30. The number of amides is 2. The first kappa shape index (κ1) is 22.7. The van der Waals surface area contributed by atoms with E-state index < -0.39 is 0 Å². The molecule has 31 heavy (non-hydrogen) atoms. The van der Waals surface area contributed by atoms with Crippen molar-refractivity contribution < 1.29 is 19.1 Å². The number of carbonyl (C=O) groups is 2. The van der Waals surface area contributed by atoms with E-state index in [2.05, 4.69) is 6.58 Å². The first-order valence-corrected chi connectivity index (χ1v) is 11.2. The van der Waals surface area contributed by atoms with Crippen LogP contribution < -0.4 is 9.47 Å². The van der Waals surface area contributed by atoms with Crippen LogP contribution in [0.4, 0.5) is 4.79 Å². The summed E-state index contributed by atoms with van der Waals surface area (Å²) in [6, 6.07) is 13.7. The van der Waals surface area contributed by atoms with Crippen molar-refractivity contribution in [1.29, 1.82) is 0 Å². The van der Waals surface area contributed by atoms with Crippen molar-refractivity contribution in [2.45, 2.75) is 33.3 Å². The first-order chi connectivity index (χ1) is 15.1. The summed E-state index contributed by atoms with van der Waals surface area (Å²) in [5.74, 6) is 1.03. The molecule has 1 fully saturated rings. The molecule has 5 nitrogen and oxygen atoms in total. The fourth-order valence-corrected chi connectivity index (χ4v) is 4.16. The Morgan fingerprint density at radius 2 is 1.87 bits per heavy atom. The lowest BCUT2D eigenvalue weighted by molar-refractivity contribution is -0.122. The summed E-state index contributed by atoms with van der Waals surface area (Å²) < 4.78 is 12.0. The third-order valence-corrected chi connectivity index (χ3v) is 5.57. The molecule has 1 aliphatic heterocycles. The molecule has 6 heteroatoms. The Kier molecular flexibility index (Phi) is 7.95. The van der Waals surface area contributed by atoms with Crippen LogP contribution in [0.3, 0.4) is 0 Å². The van der Waals surface area contributed by atoms with Crippen molar-refractivity contribution in [1.82, 2.24) is 4.90 Å². The number of imide groups is 1. The molecule has 0 saturated carbocycles. The number of hydrogen-bond donors (Lipinski definition) is 0. The summed E-state index contributed by atoms with van der Waals surface area (Å²) in [5, 5.41) is -0.225. The van der Waals surface area contributed by atoms with Gasteiger partial charge in [0.1, 0.15) is 6.61 Å². The van der Waals surface area contributed by atoms with Gasteiger partial charge in [0.15, 0.2) is 11.5 Å². The number of nitrogens with zero attached hydrogens (tertiary/aromatic N) is 1. The van der Waals surface area contributed by atoms with Gasteiger partial charge in [-0.15, -0.1) is 6.58 Å². The van der Waals surface area contributed by atoms with Gasteiger partial charge in [-0.05, 0) is 60.9 Å². The second-order valence-electron chi connectivity index (χ2n) is 7.04. The van der Waals surface area contributed by atoms with Gasteiger partial charge in [-0.25, -0.2) is 0 Å². The highest BCUT2D eigenvalue weighted by molar-refractivity contribution is 8.18. The summed E-state index contributed by atoms with van der Waals surface area (Å²) in [6.45, 7) is 9.04. The normalized spacial score (nSPS) is 14.9. The Labute approximate surface area is 187 Å². The average Bonchev–Trinajstić information content (AvgIpc) is 3.02. The predicted molar refractivity (Wildman–Crippen MR) is 125 cm³/mol. The molecule has 1 aliphatic rings. The van der Waals surface area contributed by atoms with Crippen molar-refractivity contribution >= 4 is 29.0 Å². The third kappa shape index (κ3) is 5.58. The maximum Gasteiger partial charge on any atom is 0.293 e. The Morgan fingerprint density at radius 1 is 1.10 bits per heavy atom. The second-order valence-corrected chi connectivity index (χ2v) is 8.03. The molecule has 0 radical (unpaired) electrons.